The van der Waals surface area contributed by atoms with E-state index in [9.17, 15) is 10.5 Å². The lowest BCUT2D eigenvalue weighted by atomic mass is 10.1. The van der Waals surface area contributed by atoms with E-state index < -0.39 is 0 Å². The standard InChI is InChI=1S/C32H32N4S2/c1-5-35(6-2)26-13-9-23(10-14-26)28-17-19-30(37-28)32(25(21-33)22-34)31-20-18-29(38-31)24-11-15-27(16-12-24)36(7-3)8-4/h9-20H,5-8H2,1-4H3. The lowest BCUT2D eigenvalue weighted by Crippen LogP contribution is -2.21. The Labute approximate surface area is 234 Å². The molecule has 0 amide bonds. The van der Waals surface area contributed by atoms with Crippen LogP contribution in [0.2, 0.25) is 0 Å². The quantitative estimate of drug-likeness (QED) is 0.190. The molecule has 4 rings (SSSR count). The number of thiophene rings is 2. The van der Waals surface area contributed by atoms with Crippen molar-refractivity contribution in [1.82, 2.24) is 0 Å². The molecule has 0 radical (unpaired) electrons. The van der Waals surface area contributed by atoms with E-state index >= 15 is 0 Å². The topological polar surface area (TPSA) is 54.1 Å². The molecule has 0 aliphatic carbocycles. The van der Waals surface area contributed by atoms with Crippen LogP contribution >= 0.6 is 22.7 Å². The van der Waals surface area contributed by atoms with E-state index in [1.54, 1.807) is 22.7 Å². The molecule has 4 aromatic rings. The van der Waals surface area contributed by atoms with Crippen LogP contribution in [0.15, 0.2) is 78.4 Å². The fourth-order valence-electron chi connectivity index (χ4n) is 4.61. The first-order valence-electron chi connectivity index (χ1n) is 13.0. The van der Waals surface area contributed by atoms with Crippen molar-refractivity contribution in [2.45, 2.75) is 27.7 Å². The van der Waals surface area contributed by atoms with Crippen molar-refractivity contribution in [1.29, 1.82) is 10.5 Å². The second kappa shape index (κ2) is 12.6. The van der Waals surface area contributed by atoms with Gasteiger partial charge in [0, 0.05) is 62.6 Å². The second-order valence-corrected chi connectivity index (χ2v) is 10.9. The van der Waals surface area contributed by atoms with Crippen LogP contribution in [0.1, 0.15) is 37.4 Å². The Morgan fingerprint density at radius 1 is 0.579 bits per heavy atom. The molecule has 2 heterocycles. The summed E-state index contributed by atoms with van der Waals surface area (Å²) in [4.78, 5) is 8.72. The molecule has 0 N–H and O–H groups in total. The molecule has 0 aliphatic rings. The van der Waals surface area contributed by atoms with Crippen molar-refractivity contribution >= 4 is 39.6 Å². The Morgan fingerprint density at radius 3 is 1.26 bits per heavy atom. The van der Waals surface area contributed by atoms with Crippen molar-refractivity contribution in [3.8, 4) is 33.0 Å². The molecule has 0 bridgehead atoms. The summed E-state index contributed by atoms with van der Waals surface area (Å²) in [6, 6.07) is 29.7. The fourth-order valence-corrected chi connectivity index (χ4v) is 6.83. The third-order valence-electron chi connectivity index (χ3n) is 6.74. The summed E-state index contributed by atoms with van der Waals surface area (Å²) in [6.07, 6.45) is 0. The Hall–Kier alpha value is -3.84. The molecule has 0 atom stereocenters. The third-order valence-corrected chi connectivity index (χ3v) is 9.04. The molecule has 2 aromatic heterocycles. The van der Waals surface area contributed by atoms with Gasteiger partial charge in [0.1, 0.15) is 17.7 Å². The first-order chi connectivity index (χ1) is 18.6. The molecule has 6 heteroatoms. The summed E-state index contributed by atoms with van der Waals surface area (Å²) in [7, 11) is 0. The zero-order chi connectivity index (χ0) is 27.1. The number of hydrogen-bond acceptors (Lipinski definition) is 6. The highest BCUT2D eigenvalue weighted by Gasteiger charge is 2.18. The molecule has 0 unspecified atom stereocenters. The van der Waals surface area contributed by atoms with Gasteiger partial charge in [-0.2, -0.15) is 10.5 Å². The summed E-state index contributed by atoms with van der Waals surface area (Å²) < 4.78 is 0. The van der Waals surface area contributed by atoms with Crippen LogP contribution in [0.25, 0.3) is 26.5 Å². The highest BCUT2D eigenvalue weighted by Crippen LogP contribution is 2.41. The van der Waals surface area contributed by atoms with E-state index in [4.69, 9.17) is 0 Å². The van der Waals surface area contributed by atoms with Crippen LogP contribution in [-0.4, -0.2) is 26.2 Å². The first kappa shape index (κ1) is 27.2. The minimum atomic E-state index is 0.139. The summed E-state index contributed by atoms with van der Waals surface area (Å²) in [5.74, 6) is 0. The highest BCUT2D eigenvalue weighted by molar-refractivity contribution is 7.19. The second-order valence-electron chi connectivity index (χ2n) is 8.74. The smallest absolute Gasteiger partial charge is 0.139 e. The highest BCUT2D eigenvalue weighted by atomic mass is 32.1. The third kappa shape index (κ3) is 5.68. The van der Waals surface area contributed by atoms with Crippen LogP contribution < -0.4 is 9.80 Å². The monoisotopic (exact) mass is 536 g/mol. The summed E-state index contributed by atoms with van der Waals surface area (Å²) in [5.41, 5.74) is 5.54. The van der Waals surface area contributed by atoms with Gasteiger partial charge < -0.3 is 9.80 Å². The number of rotatable bonds is 10. The maximum absolute atomic E-state index is 9.79. The maximum Gasteiger partial charge on any atom is 0.139 e. The predicted octanol–water partition coefficient (Wildman–Crippen LogP) is 8.69. The van der Waals surface area contributed by atoms with Gasteiger partial charge in [0.25, 0.3) is 0 Å². The van der Waals surface area contributed by atoms with Gasteiger partial charge in [-0.25, -0.2) is 0 Å². The van der Waals surface area contributed by atoms with Crippen molar-refractivity contribution in [3.63, 3.8) is 0 Å². The zero-order valence-corrected chi connectivity index (χ0v) is 24.0. The molecule has 192 valence electrons. The largest absolute Gasteiger partial charge is 0.372 e. The summed E-state index contributed by atoms with van der Waals surface area (Å²) in [6.45, 7) is 12.5. The molecule has 4 nitrogen and oxygen atoms in total. The number of allylic oxidation sites excluding steroid dienone is 1. The van der Waals surface area contributed by atoms with Gasteiger partial charge in [0.05, 0.1) is 0 Å². The van der Waals surface area contributed by atoms with Crippen molar-refractivity contribution in [2.75, 3.05) is 36.0 Å². The van der Waals surface area contributed by atoms with Crippen molar-refractivity contribution < 1.29 is 0 Å². The van der Waals surface area contributed by atoms with Crippen LogP contribution in [0.3, 0.4) is 0 Å². The van der Waals surface area contributed by atoms with Crippen LogP contribution in [-0.2, 0) is 0 Å². The predicted molar refractivity (Wildman–Crippen MR) is 164 cm³/mol. The lowest BCUT2D eigenvalue weighted by Gasteiger charge is -2.21. The van der Waals surface area contributed by atoms with E-state index in [0.717, 1.165) is 56.8 Å². The van der Waals surface area contributed by atoms with Crippen LogP contribution in [0.5, 0.6) is 0 Å². The number of benzene rings is 2. The van der Waals surface area contributed by atoms with Gasteiger partial charge >= 0.3 is 0 Å². The normalized spacial score (nSPS) is 10.5. The Morgan fingerprint density at radius 2 is 0.947 bits per heavy atom. The van der Waals surface area contributed by atoms with Gasteiger partial charge in [-0.3, -0.25) is 0 Å². The molecular weight excluding hydrogens is 505 g/mol. The van der Waals surface area contributed by atoms with E-state index in [1.807, 2.05) is 12.1 Å². The average molecular weight is 537 g/mol. The number of nitrogens with zero attached hydrogens (tertiary/aromatic N) is 4. The zero-order valence-electron chi connectivity index (χ0n) is 22.4. The van der Waals surface area contributed by atoms with E-state index in [0.29, 0.717) is 5.57 Å². The first-order valence-corrected chi connectivity index (χ1v) is 14.7. The van der Waals surface area contributed by atoms with Gasteiger partial charge in [-0.05, 0) is 87.4 Å². The van der Waals surface area contributed by atoms with E-state index in [-0.39, 0.29) is 5.57 Å². The molecule has 0 spiro atoms. The fraction of sp³-hybridized carbons (Fsp3) is 0.250. The molecule has 2 aromatic carbocycles. The van der Waals surface area contributed by atoms with Crippen molar-refractivity contribution in [3.05, 3.63) is 88.1 Å². The minimum Gasteiger partial charge on any atom is -0.372 e. The molecular formula is C32H32N4S2. The van der Waals surface area contributed by atoms with Crippen molar-refractivity contribution in [2.24, 2.45) is 0 Å². The number of nitriles is 2. The Kier molecular flexibility index (Phi) is 9.02. The molecule has 0 saturated carbocycles. The number of anilines is 2. The molecule has 0 saturated heterocycles. The van der Waals surface area contributed by atoms with Crippen LogP contribution in [0, 0.1) is 22.7 Å². The molecule has 38 heavy (non-hydrogen) atoms. The summed E-state index contributed by atoms with van der Waals surface area (Å²) >= 11 is 3.23. The van der Waals surface area contributed by atoms with E-state index in [2.05, 4.69) is 110 Å². The van der Waals surface area contributed by atoms with Gasteiger partial charge in [0.2, 0.25) is 0 Å². The summed E-state index contributed by atoms with van der Waals surface area (Å²) in [5, 5.41) is 19.6. The maximum atomic E-state index is 9.79. The molecule has 0 fully saturated rings. The minimum absolute atomic E-state index is 0.139. The van der Waals surface area contributed by atoms with Gasteiger partial charge in [-0.15, -0.1) is 22.7 Å². The van der Waals surface area contributed by atoms with E-state index in [1.165, 1.54) is 11.4 Å². The van der Waals surface area contributed by atoms with Crippen LogP contribution in [0.4, 0.5) is 11.4 Å². The lowest BCUT2D eigenvalue weighted by molar-refractivity contribution is 0.866. The Bertz CT molecular complexity index is 1360. The number of hydrogen-bond donors (Lipinski definition) is 0. The Balaban J connectivity index is 1.66. The molecule has 0 aliphatic heterocycles. The SMILES string of the molecule is CCN(CC)c1ccc(-c2ccc(C(=C(C#N)C#N)c3ccc(-c4ccc(N(CC)CC)cc4)s3)s2)cc1. The van der Waals surface area contributed by atoms with Gasteiger partial charge in [-0.1, -0.05) is 24.3 Å². The average Bonchev–Trinajstić information content (AvgIpc) is 3.65. The van der Waals surface area contributed by atoms with Gasteiger partial charge in [0.15, 0.2) is 0 Å².